The molecule has 0 bridgehead atoms. The summed E-state index contributed by atoms with van der Waals surface area (Å²) >= 11 is 0. The maximum Gasteiger partial charge on any atom is 0.141 e. The number of hydrogen-bond donors (Lipinski definition) is 2. The first-order valence-electron chi connectivity index (χ1n) is 10.9. The third kappa shape index (κ3) is 6.02. The summed E-state index contributed by atoms with van der Waals surface area (Å²) < 4.78 is 13.1. The normalized spacial score (nSPS) is 15.6. The summed E-state index contributed by atoms with van der Waals surface area (Å²) in [6, 6.07) is 11.7. The fraction of sp³-hybridized carbons (Fsp3) is 0.423. The van der Waals surface area contributed by atoms with E-state index in [1.54, 1.807) is 6.07 Å². The van der Waals surface area contributed by atoms with Crippen LogP contribution >= 0.6 is 0 Å². The molecule has 1 unspecified atom stereocenters. The third-order valence-corrected chi connectivity index (χ3v) is 6.09. The van der Waals surface area contributed by atoms with Crippen molar-refractivity contribution in [3.05, 3.63) is 77.5 Å². The number of halogens is 1. The highest BCUT2D eigenvalue weighted by Gasteiger charge is 2.19. The summed E-state index contributed by atoms with van der Waals surface area (Å²) in [4.78, 5) is 4.17. The van der Waals surface area contributed by atoms with E-state index >= 15 is 0 Å². The second-order valence-corrected chi connectivity index (χ2v) is 8.94. The molecule has 1 atom stereocenters. The van der Waals surface area contributed by atoms with Crippen molar-refractivity contribution in [3.63, 3.8) is 0 Å². The monoisotopic (exact) mass is 407 g/mol. The first kappa shape index (κ1) is 22.2. The highest BCUT2D eigenvalue weighted by Crippen LogP contribution is 2.32. The van der Waals surface area contributed by atoms with Gasteiger partial charge in [0.15, 0.2) is 0 Å². The van der Waals surface area contributed by atoms with Crippen LogP contribution < -0.4 is 10.6 Å². The molecule has 4 heteroatoms. The van der Waals surface area contributed by atoms with E-state index in [0.29, 0.717) is 5.41 Å². The Bertz CT molecular complexity index is 879. The number of allylic oxidation sites excluding steroid dienone is 2. The van der Waals surface area contributed by atoms with Crippen molar-refractivity contribution in [2.24, 2.45) is 5.41 Å². The molecule has 1 aromatic heterocycles. The second-order valence-electron chi connectivity index (χ2n) is 8.94. The largest absolute Gasteiger partial charge is 0.365 e. The lowest BCUT2D eigenvalue weighted by atomic mass is 9.82. The number of hydrogen-bond acceptors (Lipinski definition) is 3. The Morgan fingerprint density at radius 2 is 1.93 bits per heavy atom. The van der Waals surface area contributed by atoms with Crippen LogP contribution in [0.15, 0.2) is 66.1 Å². The fourth-order valence-electron chi connectivity index (χ4n) is 3.82. The van der Waals surface area contributed by atoms with Crippen molar-refractivity contribution in [1.29, 1.82) is 0 Å². The molecule has 2 N–H and O–H groups in total. The topological polar surface area (TPSA) is 37.0 Å². The summed E-state index contributed by atoms with van der Waals surface area (Å²) in [5.41, 5.74) is 6.13. The van der Waals surface area contributed by atoms with Gasteiger partial charge in [-0.05, 0) is 55.6 Å². The minimum absolute atomic E-state index is 0.223. The van der Waals surface area contributed by atoms with E-state index in [4.69, 9.17) is 0 Å². The third-order valence-electron chi connectivity index (χ3n) is 6.09. The van der Waals surface area contributed by atoms with Crippen molar-refractivity contribution >= 4 is 0 Å². The van der Waals surface area contributed by atoms with Crippen molar-refractivity contribution in [3.8, 4) is 11.3 Å². The molecule has 0 radical (unpaired) electrons. The van der Waals surface area contributed by atoms with Crippen LogP contribution in [0, 0.1) is 11.2 Å². The molecule has 3 nitrogen and oxygen atoms in total. The van der Waals surface area contributed by atoms with Gasteiger partial charge in [0.2, 0.25) is 0 Å². The molecule has 2 heterocycles. The summed E-state index contributed by atoms with van der Waals surface area (Å²) in [6.07, 6.45) is 11.3. The van der Waals surface area contributed by atoms with Crippen LogP contribution in [0.25, 0.3) is 11.3 Å². The van der Waals surface area contributed by atoms with Gasteiger partial charge in [-0.2, -0.15) is 0 Å². The molecule has 0 fully saturated rings. The van der Waals surface area contributed by atoms with Crippen LogP contribution in [-0.2, 0) is 0 Å². The van der Waals surface area contributed by atoms with Crippen molar-refractivity contribution in [2.45, 2.75) is 58.9 Å². The zero-order valence-corrected chi connectivity index (χ0v) is 18.6. The number of aromatic nitrogens is 1. The van der Waals surface area contributed by atoms with Gasteiger partial charge in [0.1, 0.15) is 5.82 Å². The van der Waals surface area contributed by atoms with Crippen molar-refractivity contribution in [2.75, 3.05) is 7.05 Å². The lowest BCUT2D eigenvalue weighted by molar-refractivity contribution is 0.344. The van der Waals surface area contributed by atoms with Gasteiger partial charge >= 0.3 is 0 Å². The predicted octanol–water partition coefficient (Wildman–Crippen LogP) is 6.52. The predicted molar refractivity (Wildman–Crippen MR) is 123 cm³/mol. The lowest BCUT2D eigenvalue weighted by Crippen LogP contribution is -2.20. The Hall–Kier alpha value is -2.46. The molecule has 0 spiro atoms. The van der Waals surface area contributed by atoms with Gasteiger partial charge in [0.25, 0.3) is 0 Å². The molecule has 1 aromatic carbocycles. The van der Waals surface area contributed by atoms with Crippen molar-refractivity contribution < 1.29 is 4.39 Å². The molecule has 160 valence electrons. The van der Waals surface area contributed by atoms with Gasteiger partial charge in [0.05, 0.1) is 11.9 Å². The zero-order chi connectivity index (χ0) is 21.6. The Kier molecular flexibility index (Phi) is 7.43. The van der Waals surface area contributed by atoms with Gasteiger partial charge in [0, 0.05) is 23.7 Å². The number of nitrogens with zero attached hydrogens (tertiary/aromatic N) is 1. The molecule has 0 amide bonds. The standard InChI is InChI=1S/C26H34FN3/c1-5-26(2,3)16-19-7-6-8-23(29-17-19)15-25(28-4)21-11-9-20(10-12-21)24-14-13-22(27)18-30-24/h8-14,17-18,25,28-29H,5-7,15-16H2,1-4H3. The van der Waals surface area contributed by atoms with Crippen molar-refractivity contribution in [1.82, 2.24) is 15.6 Å². The van der Waals surface area contributed by atoms with Crippen LogP contribution in [-0.4, -0.2) is 12.0 Å². The molecule has 2 aromatic rings. The van der Waals surface area contributed by atoms with Gasteiger partial charge in [-0.3, -0.25) is 4.98 Å². The van der Waals surface area contributed by atoms with Gasteiger partial charge in [-0.1, -0.05) is 63.1 Å². The Labute approximate surface area is 180 Å². The molecular formula is C26H34FN3. The first-order valence-corrected chi connectivity index (χ1v) is 10.9. The van der Waals surface area contributed by atoms with Crippen LogP contribution in [0.4, 0.5) is 4.39 Å². The molecule has 0 saturated carbocycles. The van der Waals surface area contributed by atoms with E-state index in [-0.39, 0.29) is 11.9 Å². The minimum atomic E-state index is -0.315. The Morgan fingerprint density at radius 3 is 2.57 bits per heavy atom. The molecule has 30 heavy (non-hydrogen) atoms. The maximum absolute atomic E-state index is 13.1. The molecule has 0 aliphatic carbocycles. The quantitative estimate of drug-likeness (QED) is 0.523. The van der Waals surface area contributed by atoms with E-state index in [9.17, 15) is 4.39 Å². The van der Waals surface area contributed by atoms with Gasteiger partial charge in [-0.15, -0.1) is 0 Å². The second kappa shape index (κ2) is 10.0. The highest BCUT2D eigenvalue weighted by molar-refractivity contribution is 5.59. The average Bonchev–Trinajstić information content (AvgIpc) is 2.97. The fourth-order valence-corrected chi connectivity index (χ4v) is 3.82. The summed E-state index contributed by atoms with van der Waals surface area (Å²) in [5.74, 6) is -0.315. The number of benzene rings is 1. The lowest BCUT2D eigenvalue weighted by Gasteiger charge is -2.24. The molecular weight excluding hydrogens is 373 g/mol. The average molecular weight is 408 g/mol. The van der Waals surface area contributed by atoms with Gasteiger partial charge < -0.3 is 10.6 Å². The Balaban J connectivity index is 1.65. The van der Waals surface area contributed by atoms with E-state index in [1.165, 1.54) is 35.5 Å². The Morgan fingerprint density at radius 1 is 1.17 bits per heavy atom. The number of rotatable bonds is 8. The summed E-state index contributed by atoms with van der Waals surface area (Å²) in [6.45, 7) is 6.95. The van der Waals surface area contributed by atoms with E-state index in [1.807, 2.05) is 7.05 Å². The molecule has 0 saturated heterocycles. The zero-order valence-electron chi connectivity index (χ0n) is 18.6. The number of nitrogens with one attached hydrogen (secondary N) is 2. The minimum Gasteiger partial charge on any atom is -0.365 e. The van der Waals surface area contributed by atoms with Crippen LogP contribution in [0.1, 0.15) is 64.5 Å². The first-order chi connectivity index (χ1) is 14.4. The van der Waals surface area contributed by atoms with Gasteiger partial charge in [-0.25, -0.2) is 4.39 Å². The smallest absolute Gasteiger partial charge is 0.141 e. The van der Waals surface area contributed by atoms with Crippen LogP contribution in [0.5, 0.6) is 0 Å². The maximum atomic E-state index is 13.1. The molecule has 1 aliphatic rings. The summed E-state index contributed by atoms with van der Waals surface area (Å²) in [7, 11) is 2.00. The molecule has 1 aliphatic heterocycles. The molecule has 3 rings (SSSR count). The SMILES string of the molecule is CCC(C)(C)CC1=CNC(CC(NC)c2ccc(-c3ccc(F)cn3)cc2)=CCC1. The number of pyridine rings is 1. The van der Waals surface area contributed by atoms with Crippen LogP contribution in [0.2, 0.25) is 0 Å². The van der Waals surface area contributed by atoms with E-state index < -0.39 is 0 Å². The van der Waals surface area contributed by atoms with E-state index in [0.717, 1.165) is 36.9 Å². The highest BCUT2D eigenvalue weighted by atomic mass is 19.1. The van der Waals surface area contributed by atoms with E-state index in [2.05, 4.69) is 72.9 Å². The summed E-state index contributed by atoms with van der Waals surface area (Å²) in [5, 5.41) is 7.01. The van der Waals surface area contributed by atoms with Crippen LogP contribution in [0.3, 0.4) is 0 Å².